The van der Waals surface area contributed by atoms with Gasteiger partial charge in [0, 0.05) is 6.42 Å². The van der Waals surface area contributed by atoms with Crippen molar-refractivity contribution >= 4 is 0 Å². The lowest BCUT2D eigenvalue weighted by molar-refractivity contribution is 0.0718. The number of ether oxygens (including phenoxy) is 2. The van der Waals surface area contributed by atoms with Gasteiger partial charge >= 0.3 is 0 Å². The van der Waals surface area contributed by atoms with Crippen LogP contribution in [0.2, 0.25) is 0 Å². The fourth-order valence-corrected chi connectivity index (χ4v) is 2.10. The molecule has 2 heterocycles. The van der Waals surface area contributed by atoms with Crippen molar-refractivity contribution in [3.05, 3.63) is 0 Å². The zero-order valence-corrected chi connectivity index (χ0v) is 5.93. The Morgan fingerprint density at radius 2 is 2.27 bits per heavy atom. The minimum Gasteiger partial charge on any atom is -0.393 e. The molecule has 1 aliphatic carbocycles. The van der Waals surface area contributed by atoms with Crippen LogP contribution in [0.3, 0.4) is 0 Å². The van der Waals surface area contributed by atoms with Gasteiger partial charge in [0.15, 0.2) is 0 Å². The van der Waals surface area contributed by atoms with E-state index in [4.69, 9.17) is 14.6 Å². The quantitative estimate of drug-likeness (QED) is 0.463. The van der Waals surface area contributed by atoms with Crippen molar-refractivity contribution in [3.63, 3.8) is 0 Å². The van der Waals surface area contributed by atoms with Crippen LogP contribution in [0.1, 0.15) is 6.42 Å². The highest BCUT2D eigenvalue weighted by Gasteiger charge is 2.73. The molecule has 2 N–H and O–H groups in total. The first-order chi connectivity index (χ1) is 5.27. The molecule has 1 saturated carbocycles. The third kappa shape index (κ3) is 0.636. The molecule has 0 amide bonds. The molecule has 62 valence electrons. The summed E-state index contributed by atoms with van der Waals surface area (Å²) in [6.07, 6.45) is 0.190. The Hall–Kier alpha value is -0.160. The molecular formula is C7H10O4. The predicted octanol–water partition coefficient (Wildman–Crippen LogP) is -1.35. The van der Waals surface area contributed by atoms with Crippen LogP contribution in [-0.2, 0) is 9.47 Å². The summed E-state index contributed by atoms with van der Waals surface area (Å²) in [6, 6.07) is 0. The SMILES string of the molecule is OCC12CC(O)C3OC3C1O2. The Morgan fingerprint density at radius 1 is 1.45 bits per heavy atom. The molecule has 5 atom stereocenters. The van der Waals surface area contributed by atoms with Crippen molar-refractivity contribution in [1.29, 1.82) is 0 Å². The number of rotatable bonds is 1. The lowest BCUT2D eigenvalue weighted by Crippen LogP contribution is -2.37. The number of fused-ring (bicyclic) bond motifs is 3. The Kier molecular flexibility index (Phi) is 0.933. The summed E-state index contributed by atoms with van der Waals surface area (Å²) in [5.41, 5.74) is -0.447. The highest BCUT2D eigenvalue weighted by molar-refractivity contribution is 5.20. The molecule has 0 aromatic rings. The van der Waals surface area contributed by atoms with E-state index in [0.29, 0.717) is 6.42 Å². The van der Waals surface area contributed by atoms with Crippen LogP contribution in [0.5, 0.6) is 0 Å². The minimum absolute atomic E-state index is 0.00130. The van der Waals surface area contributed by atoms with Crippen LogP contribution in [0.15, 0.2) is 0 Å². The fourth-order valence-electron chi connectivity index (χ4n) is 2.10. The van der Waals surface area contributed by atoms with Crippen molar-refractivity contribution in [3.8, 4) is 0 Å². The van der Waals surface area contributed by atoms with E-state index in [9.17, 15) is 5.11 Å². The zero-order chi connectivity index (χ0) is 7.64. The molecule has 5 unspecified atom stereocenters. The largest absolute Gasteiger partial charge is 0.393 e. The van der Waals surface area contributed by atoms with Crippen LogP contribution in [0, 0.1) is 0 Å². The second-order valence-electron chi connectivity index (χ2n) is 3.60. The average molecular weight is 158 g/mol. The van der Waals surface area contributed by atoms with Crippen molar-refractivity contribution in [2.75, 3.05) is 6.61 Å². The maximum absolute atomic E-state index is 9.40. The maximum atomic E-state index is 9.40. The van der Waals surface area contributed by atoms with Crippen molar-refractivity contribution < 1.29 is 19.7 Å². The van der Waals surface area contributed by atoms with Crippen LogP contribution in [0.25, 0.3) is 0 Å². The van der Waals surface area contributed by atoms with Gasteiger partial charge in [0.2, 0.25) is 0 Å². The first-order valence-electron chi connectivity index (χ1n) is 3.89. The van der Waals surface area contributed by atoms with Crippen molar-refractivity contribution in [2.45, 2.75) is 36.4 Å². The van der Waals surface area contributed by atoms with Gasteiger partial charge in [0.25, 0.3) is 0 Å². The third-order valence-corrected chi connectivity index (χ3v) is 2.88. The number of aliphatic hydroxyl groups is 2. The summed E-state index contributed by atoms with van der Waals surface area (Å²) >= 11 is 0. The maximum Gasteiger partial charge on any atom is 0.123 e. The van der Waals surface area contributed by atoms with E-state index in [1.807, 2.05) is 0 Å². The standard InChI is InChI=1S/C7H10O4/c8-2-7-1-3(9)4-5(10-4)6(7)11-7/h3-6,8-9H,1-2H2. The second kappa shape index (κ2) is 1.61. The van der Waals surface area contributed by atoms with Gasteiger partial charge in [-0.25, -0.2) is 0 Å². The number of hydrogen-bond donors (Lipinski definition) is 2. The Bertz CT molecular complexity index is 205. The number of hydrogen-bond acceptors (Lipinski definition) is 4. The summed E-state index contributed by atoms with van der Waals surface area (Å²) < 4.78 is 10.5. The van der Waals surface area contributed by atoms with Gasteiger partial charge in [-0.05, 0) is 0 Å². The Morgan fingerprint density at radius 3 is 3.00 bits per heavy atom. The molecule has 2 saturated heterocycles. The van der Waals surface area contributed by atoms with E-state index < -0.39 is 11.7 Å². The highest BCUT2D eigenvalue weighted by Crippen LogP contribution is 2.55. The van der Waals surface area contributed by atoms with Crippen LogP contribution in [-0.4, -0.2) is 46.8 Å². The summed E-state index contributed by atoms with van der Waals surface area (Å²) in [6.45, 7) is 0.00130. The summed E-state index contributed by atoms with van der Waals surface area (Å²) in [5, 5.41) is 18.4. The predicted molar refractivity (Wildman–Crippen MR) is 34.0 cm³/mol. The second-order valence-corrected chi connectivity index (χ2v) is 3.60. The molecule has 0 spiro atoms. The molecule has 3 rings (SSSR count). The van der Waals surface area contributed by atoms with Crippen LogP contribution in [0.4, 0.5) is 0 Å². The van der Waals surface area contributed by atoms with Crippen LogP contribution >= 0.6 is 0 Å². The Labute approximate surface area is 63.7 Å². The van der Waals surface area contributed by atoms with E-state index >= 15 is 0 Å². The van der Waals surface area contributed by atoms with E-state index in [0.717, 1.165) is 0 Å². The molecule has 11 heavy (non-hydrogen) atoms. The first-order valence-corrected chi connectivity index (χ1v) is 3.89. The van der Waals surface area contributed by atoms with Gasteiger partial charge in [-0.3, -0.25) is 0 Å². The lowest BCUT2D eigenvalue weighted by Gasteiger charge is -2.16. The molecule has 0 bridgehead atoms. The number of epoxide rings is 2. The molecule has 3 aliphatic rings. The minimum atomic E-state index is -0.447. The summed E-state index contributed by atoms with van der Waals surface area (Å²) in [7, 11) is 0. The normalized spacial score (nSPS) is 64.9. The van der Waals surface area contributed by atoms with E-state index in [2.05, 4.69) is 0 Å². The summed E-state index contributed by atoms with van der Waals surface area (Å²) in [4.78, 5) is 0. The van der Waals surface area contributed by atoms with Crippen molar-refractivity contribution in [1.82, 2.24) is 0 Å². The molecule has 0 aromatic carbocycles. The molecule has 0 aromatic heterocycles. The van der Waals surface area contributed by atoms with Gasteiger partial charge in [-0.15, -0.1) is 0 Å². The first kappa shape index (κ1) is 6.37. The lowest BCUT2D eigenvalue weighted by atomic mass is 9.88. The van der Waals surface area contributed by atoms with Gasteiger partial charge < -0.3 is 19.7 Å². The third-order valence-electron chi connectivity index (χ3n) is 2.88. The molecule has 3 fully saturated rings. The van der Waals surface area contributed by atoms with E-state index in [1.54, 1.807) is 0 Å². The summed E-state index contributed by atoms with van der Waals surface area (Å²) in [5.74, 6) is 0. The van der Waals surface area contributed by atoms with Gasteiger partial charge in [-0.2, -0.15) is 0 Å². The molecule has 2 aliphatic heterocycles. The Balaban J connectivity index is 1.85. The fraction of sp³-hybridized carbons (Fsp3) is 1.00. The van der Waals surface area contributed by atoms with Gasteiger partial charge in [-0.1, -0.05) is 0 Å². The zero-order valence-electron chi connectivity index (χ0n) is 5.93. The molecule has 4 nitrogen and oxygen atoms in total. The monoisotopic (exact) mass is 158 g/mol. The van der Waals surface area contributed by atoms with Gasteiger partial charge in [0.1, 0.15) is 23.9 Å². The van der Waals surface area contributed by atoms with E-state index in [1.165, 1.54) is 0 Å². The number of aliphatic hydroxyl groups excluding tert-OH is 2. The van der Waals surface area contributed by atoms with Crippen molar-refractivity contribution in [2.24, 2.45) is 0 Å². The smallest absolute Gasteiger partial charge is 0.123 e. The molecule has 4 heteroatoms. The highest BCUT2D eigenvalue weighted by atomic mass is 16.7. The van der Waals surface area contributed by atoms with E-state index in [-0.39, 0.29) is 24.9 Å². The topological polar surface area (TPSA) is 65.5 Å². The molecular weight excluding hydrogens is 148 g/mol. The molecule has 0 radical (unpaired) electrons. The average Bonchev–Trinajstić information content (AvgIpc) is 2.80. The van der Waals surface area contributed by atoms with Crippen LogP contribution < -0.4 is 0 Å². The van der Waals surface area contributed by atoms with Gasteiger partial charge in [0.05, 0.1) is 12.7 Å².